The van der Waals surface area contributed by atoms with Crippen LogP contribution in [0.2, 0.25) is 0 Å². The number of thioether (sulfide) groups is 1. The molecule has 2 N–H and O–H groups in total. The first-order chi connectivity index (χ1) is 9.10. The number of carbonyl (C=O) groups excluding carboxylic acids is 1. The van der Waals surface area contributed by atoms with Gasteiger partial charge in [-0.3, -0.25) is 9.59 Å². The summed E-state index contributed by atoms with van der Waals surface area (Å²) in [6.07, 6.45) is 8.51. The molecule has 0 aromatic heterocycles. The van der Waals surface area contributed by atoms with Crippen molar-refractivity contribution in [3.05, 3.63) is 0 Å². The molecule has 2 rings (SSSR count). The number of rotatable bonds is 4. The van der Waals surface area contributed by atoms with Crippen LogP contribution in [0.15, 0.2) is 0 Å². The highest BCUT2D eigenvalue weighted by molar-refractivity contribution is 7.99. The number of carbonyl (C=O) groups is 2. The van der Waals surface area contributed by atoms with Gasteiger partial charge >= 0.3 is 5.97 Å². The Bertz CT molecular complexity index is 340. The number of aliphatic carboxylic acids is 1. The first-order valence-corrected chi connectivity index (χ1v) is 8.45. The zero-order valence-corrected chi connectivity index (χ0v) is 12.2. The van der Waals surface area contributed by atoms with Gasteiger partial charge in [-0.05, 0) is 51.2 Å². The van der Waals surface area contributed by atoms with Crippen LogP contribution < -0.4 is 5.32 Å². The minimum absolute atomic E-state index is 0.0800. The lowest BCUT2D eigenvalue weighted by Gasteiger charge is -2.28. The summed E-state index contributed by atoms with van der Waals surface area (Å²) in [7, 11) is 0. The third-order valence-electron chi connectivity index (χ3n) is 4.51. The van der Waals surface area contributed by atoms with Crippen LogP contribution in [0.1, 0.15) is 44.9 Å². The van der Waals surface area contributed by atoms with E-state index in [1.165, 1.54) is 12.8 Å². The summed E-state index contributed by atoms with van der Waals surface area (Å²) in [5, 5.41) is 12.8. The van der Waals surface area contributed by atoms with Crippen LogP contribution in [0.4, 0.5) is 0 Å². The van der Waals surface area contributed by atoms with Crippen molar-refractivity contribution in [3.63, 3.8) is 0 Å². The van der Waals surface area contributed by atoms with Gasteiger partial charge in [-0.1, -0.05) is 0 Å². The molecule has 0 heterocycles. The Labute approximate surface area is 118 Å². The molecule has 2 unspecified atom stereocenters. The summed E-state index contributed by atoms with van der Waals surface area (Å²) in [4.78, 5) is 23.0. The lowest BCUT2D eigenvalue weighted by molar-refractivity contribution is -0.141. The normalized spacial score (nSPS) is 35.0. The molecule has 0 saturated heterocycles. The van der Waals surface area contributed by atoms with Crippen molar-refractivity contribution in [2.24, 2.45) is 11.8 Å². The summed E-state index contributed by atoms with van der Waals surface area (Å²) < 4.78 is 0. The van der Waals surface area contributed by atoms with Gasteiger partial charge in [0.15, 0.2) is 0 Å². The quantitative estimate of drug-likeness (QED) is 0.831. The molecule has 1 amide bonds. The van der Waals surface area contributed by atoms with E-state index in [0.29, 0.717) is 18.9 Å². The Balaban J connectivity index is 1.75. The van der Waals surface area contributed by atoms with E-state index >= 15 is 0 Å². The van der Waals surface area contributed by atoms with Crippen LogP contribution >= 0.6 is 11.8 Å². The van der Waals surface area contributed by atoms with Crippen molar-refractivity contribution in [1.29, 1.82) is 0 Å². The van der Waals surface area contributed by atoms with Gasteiger partial charge < -0.3 is 10.4 Å². The molecule has 5 heteroatoms. The predicted molar refractivity (Wildman–Crippen MR) is 76.2 cm³/mol. The molecule has 2 atom stereocenters. The molecule has 0 aromatic rings. The van der Waals surface area contributed by atoms with Crippen LogP contribution in [0.25, 0.3) is 0 Å². The second-order valence-corrected chi connectivity index (χ2v) is 6.90. The zero-order chi connectivity index (χ0) is 13.8. The Morgan fingerprint density at radius 2 is 1.68 bits per heavy atom. The van der Waals surface area contributed by atoms with Crippen LogP contribution in [-0.4, -0.2) is 34.5 Å². The lowest BCUT2D eigenvalue weighted by Crippen LogP contribution is -2.40. The molecule has 0 bridgehead atoms. The van der Waals surface area contributed by atoms with Crippen molar-refractivity contribution >= 4 is 23.6 Å². The van der Waals surface area contributed by atoms with E-state index in [1.807, 2.05) is 11.8 Å². The maximum Gasteiger partial charge on any atom is 0.306 e. The molecule has 2 aliphatic carbocycles. The molecule has 0 spiro atoms. The standard InChI is InChI=1S/C14H23NO3S/c1-19-12-6-4-11(5-7-12)15-13(16)9-2-3-10(8-9)14(17)18/h9-12H,2-8H2,1H3,(H,15,16)(H,17,18). The maximum absolute atomic E-state index is 12.1. The zero-order valence-electron chi connectivity index (χ0n) is 11.4. The molecule has 2 fully saturated rings. The summed E-state index contributed by atoms with van der Waals surface area (Å²) in [6.45, 7) is 0. The molecule has 0 aromatic carbocycles. The molecule has 2 aliphatic rings. The van der Waals surface area contributed by atoms with Gasteiger partial charge in [0.25, 0.3) is 0 Å². The van der Waals surface area contributed by atoms with E-state index in [0.717, 1.165) is 24.5 Å². The molecule has 2 saturated carbocycles. The number of hydrogen-bond donors (Lipinski definition) is 2. The van der Waals surface area contributed by atoms with Crippen molar-refractivity contribution in [1.82, 2.24) is 5.32 Å². The highest BCUT2D eigenvalue weighted by atomic mass is 32.2. The number of carboxylic acid groups (broad SMARTS) is 1. The molecular weight excluding hydrogens is 262 g/mol. The minimum atomic E-state index is -0.754. The molecular formula is C14H23NO3S. The maximum atomic E-state index is 12.1. The third-order valence-corrected chi connectivity index (χ3v) is 5.64. The monoisotopic (exact) mass is 285 g/mol. The topological polar surface area (TPSA) is 66.4 Å². The van der Waals surface area contributed by atoms with Crippen LogP contribution in [0, 0.1) is 11.8 Å². The SMILES string of the molecule is CSC1CCC(NC(=O)C2CCC(C(=O)O)C2)CC1. The average Bonchev–Trinajstić information content (AvgIpc) is 2.89. The predicted octanol–water partition coefficient (Wildman–Crippen LogP) is 2.28. The van der Waals surface area contributed by atoms with Gasteiger partial charge in [-0.15, -0.1) is 0 Å². The van der Waals surface area contributed by atoms with E-state index in [4.69, 9.17) is 5.11 Å². The Hall–Kier alpha value is -0.710. The fourth-order valence-corrected chi connectivity index (χ4v) is 3.95. The van der Waals surface area contributed by atoms with Gasteiger partial charge in [0, 0.05) is 17.2 Å². The van der Waals surface area contributed by atoms with Crippen LogP contribution in [0.5, 0.6) is 0 Å². The minimum Gasteiger partial charge on any atom is -0.481 e. The van der Waals surface area contributed by atoms with Gasteiger partial charge in [0.1, 0.15) is 0 Å². The summed E-state index contributed by atoms with van der Waals surface area (Å²) >= 11 is 1.92. The Morgan fingerprint density at radius 1 is 1.05 bits per heavy atom. The van der Waals surface area contributed by atoms with E-state index in [1.54, 1.807) is 0 Å². The highest BCUT2D eigenvalue weighted by Crippen LogP contribution is 2.32. The van der Waals surface area contributed by atoms with Crippen molar-refractivity contribution in [3.8, 4) is 0 Å². The molecule has 0 radical (unpaired) electrons. The third kappa shape index (κ3) is 3.88. The second-order valence-electron chi connectivity index (χ2n) is 5.76. The highest BCUT2D eigenvalue weighted by Gasteiger charge is 2.34. The lowest BCUT2D eigenvalue weighted by atomic mass is 9.94. The van der Waals surface area contributed by atoms with Crippen molar-refractivity contribution < 1.29 is 14.7 Å². The molecule has 4 nitrogen and oxygen atoms in total. The van der Waals surface area contributed by atoms with E-state index < -0.39 is 5.97 Å². The Kier molecular flexibility index (Phi) is 5.13. The first kappa shape index (κ1) is 14.7. The van der Waals surface area contributed by atoms with Gasteiger partial charge in [-0.25, -0.2) is 0 Å². The van der Waals surface area contributed by atoms with Crippen LogP contribution in [0.3, 0.4) is 0 Å². The van der Waals surface area contributed by atoms with Gasteiger partial charge in [0.2, 0.25) is 5.91 Å². The smallest absolute Gasteiger partial charge is 0.306 e. The average molecular weight is 285 g/mol. The molecule has 108 valence electrons. The van der Waals surface area contributed by atoms with E-state index in [-0.39, 0.29) is 17.7 Å². The summed E-state index contributed by atoms with van der Waals surface area (Å²) in [5.41, 5.74) is 0. The fraction of sp³-hybridized carbons (Fsp3) is 0.857. The van der Waals surface area contributed by atoms with Crippen LogP contribution in [-0.2, 0) is 9.59 Å². The summed E-state index contributed by atoms with van der Waals surface area (Å²) in [6, 6.07) is 0.305. The molecule has 19 heavy (non-hydrogen) atoms. The first-order valence-electron chi connectivity index (χ1n) is 7.16. The fourth-order valence-electron chi connectivity index (χ4n) is 3.21. The van der Waals surface area contributed by atoms with Gasteiger partial charge in [0.05, 0.1) is 5.92 Å². The summed E-state index contributed by atoms with van der Waals surface area (Å²) in [5.74, 6) is -1.07. The number of carboxylic acids is 1. The number of nitrogens with one attached hydrogen (secondary N) is 1. The molecule has 0 aliphatic heterocycles. The van der Waals surface area contributed by atoms with E-state index in [2.05, 4.69) is 11.6 Å². The van der Waals surface area contributed by atoms with Crippen molar-refractivity contribution in [2.45, 2.75) is 56.2 Å². The second kappa shape index (κ2) is 6.64. The van der Waals surface area contributed by atoms with Crippen molar-refractivity contribution in [2.75, 3.05) is 6.26 Å². The Morgan fingerprint density at radius 3 is 2.21 bits per heavy atom. The van der Waals surface area contributed by atoms with E-state index in [9.17, 15) is 9.59 Å². The largest absolute Gasteiger partial charge is 0.481 e. The van der Waals surface area contributed by atoms with Gasteiger partial charge in [-0.2, -0.15) is 11.8 Å². The number of amides is 1. The number of hydrogen-bond acceptors (Lipinski definition) is 3.